The van der Waals surface area contributed by atoms with E-state index in [9.17, 15) is 44.6 Å². The van der Waals surface area contributed by atoms with Gasteiger partial charge >= 0.3 is 19.8 Å². The highest BCUT2D eigenvalue weighted by Crippen LogP contribution is 2.47. The minimum atomic E-state index is -5.08. The van der Waals surface area contributed by atoms with Gasteiger partial charge < -0.3 is 39.9 Å². The molecule has 0 aromatic rings. The fourth-order valence-electron chi connectivity index (χ4n) is 4.61. The number of esters is 2. The van der Waals surface area contributed by atoms with Crippen molar-refractivity contribution in [2.75, 3.05) is 13.2 Å². The number of unbranched alkanes of at least 4 members (excludes halogenated alkanes) is 10. The Hall–Kier alpha value is -1.41. The predicted molar refractivity (Wildman–Crippen MR) is 161 cm³/mol. The Morgan fingerprint density at radius 1 is 0.682 bits per heavy atom. The Balaban J connectivity index is 2.52. The van der Waals surface area contributed by atoms with Crippen molar-refractivity contribution in [1.82, 2.24) is 0 Å². The third kappa shape index (κ3) is 16.8. The largest absolute Gasteiger partial charge is 0.472 e. The van der Waals surface area contributed by atoms with Gasteiger partial charge in [0.25, 0.3) is 0 Å². The molecule has 13 nitrogen and oxygen atoms in total. The normalized spacial score (nSPS) is 25.9. The quantitative estimate of drug-likeness (QED) is 0.0383. The van der Waals surface area contributed by atoms with Gasteiger partial charge in [-0.05, 0) is 38.5 Å². The zero-order valence-corrected chi connectivity index (χ0v) is 27.1. The van der Waals surface area contributed by atoms with Gasteiger partial charge in [-0.25, -0.2) is 4.57 Å². The van der Waals surface area contributed by atoms with E-state index in [2.05, 4.69) is 19.1 Å². The van der Waals surface area contributed by atoms with Gasteiger partial charge in [0.15, 0.2) is 6.10 Å². The van der Waals surface area contributed by atoms with Gasteiger partial charge in [0.2, 0.25) is 0 Å². The summed E-state index contributed by atoms with van der Waals surface area (Å²) < 4.78 is 32.7. The van der Waals surface area contributed by atoms with E-state index in [1.807, 2.05) is 6.92 Å². The molecule has 258 valence electrons. The van der Waals surface area contributed by atoms with Crippen molar-refractivity contribution >= 4 is 19.8 Å². The number of phosphoric acid groups is 1. The third-order valence-electron chi connectivity index (χ3n) is 7.36. The molecule has 0 aromatic heterocycles. The zero-order valence-electron chi connectivity index (χ0n) is 26.2. The van der Waals surface area contributed by atoms with Crippen LogP contribution in [0.15, 0.2) is 12.2 Å². The standard InChI is InChI=1S/C30H55O13P/c1-3-5-7-8-9-10-11-12-13-14-15-16-17-19-24(32)42-22(20-40-23(31)18-6-4-2)21-41-44(38,39)43-30-28(36)26(34)25(33)27(35)29(30)37/h10-11,22,25-30,33-37H,3-9,12-21H2,1-2H3,(H,38,39)/b11-10-. The molecule has 6 N–H and O–H groups in total. The lowest BCUT2D eigenvalue weighted by Gasteiger charge is -2.41. The summed E-state index contributed by atoms with van der Waals surface area (Å²) in [6.45, 7) is 2.92. The highest BCUT2D eigenvalue weighted by molar-refractivity contribution is 7.47. The van der Waals surface area contributed by atoms with Gasteiger partial charge in [-0.1, -0.05) is 70.9 Å². The molecule has 0 amide bonds. The van der Waals surface area contributed by atoms with Crippen molar-refractivity contribution in [2.24, 2.45) is 0 Å². The molecule has 1 aliphatic carbocycles. The topological polar surface area (TPSA) is 210 Å². The van der Waals surface area contributed by atoms with Crippen LogP contribution in [0, 0.1) is 0 Å². The van der Waals surface area contributed by atoms with Crippen molar-refractivity contribution in [3.63, 3.8) is 0 Å². The fraction of sp³-hybridized carbons (Fsp3) is 0.867. The molecular weight excluding hydrogens is 599 g/mol. The minimum absolute atomic E-state index is 0.0871. The minimum Gasteiger partial charge on any atom is -0.462 e. The van der Waals surface area contributed by atoms with Crippen LogP contribution in [0.1, 0.15) is 110 Å². The molecule has 0 aromatic carbocycles. The van der Waals surface area contributed by atoms with E-state index in [1.54, 1.807) is 0 Å². The molecule has 0 saturated heterocycles. The van der Waals surface area contributed by atoms with E-state index in [0.717, 1.165) is 44.9 Å². The van der Waals surface area contributed by atoms with Gasteiger partial charge in [-0.15, -0.1) is 0 Å². The Kier molecular flexibility index (Phi) is 21.2. The predicted octanol–water partition coefficient (Wildman–Crippen LogP) is 3.21. The van der Waals surface area contributed by atoms with Crippen LogP contribution in [0.4, 0.5) is 0 Å². The Morgan fingerprint density at radius 3 is 1.77 bits per heavy atom. The number of phosphoric ester groups is 1. The Labute approximate surface area is 261 Å². The molecule has 14 heteroatoms. The first-order valence-electron chi connectivity index (χ1n) is 16.0. The third-order valence-corrected chi connectivity index (χ3v) is 8.34. The average Bonchev–Trinajstić information content (AvgIpc) is 2.99. The SMILES string of the molecule is CCCCCC/C=C\CCCCCCCC(=O)OC(COC(=O)CCCC)COP(=O)(O)OC1C(O)C(O)C(O)C(O)C1O. The van der Waals surface area contributed by atoms with Crippen LogP contribution >= 0.6 is 7.82 Å². The summed E-state index contributed by atoms with van der Waals surface area (Å²) in [5.74, 6) is -1.15. The average molecular weight is 655 g/mol. The molecule has 0 heterocycles. The second-order valence-corrected chi connectivity index (χ2v) is 12.7. The zero-order chi connectivity index (χ0) is 33.0. The maximum atomic E-state index is 12.6. The van der Waals surface area contributed by atoms with Crippen LogP contribution in [0.25, 0.3) is 0 Å². The molecule has 1 saturated carbocycles. The van der Waals surface area contributed by atoms with Crippen LogP contribution in [0.2, 0.25) is 0 Å². The van der Waals surface area contributed by atoms with Crippen LogP contribution < -0.4 is 0 Å². The maximum Gasteiger partial charge on any atom is 0.472 e. The summed E-state index contributed by atoms with van der Waals surface area (Å²) >= 11 is 0. The molecular formula is C30H55O13P. The summed E-state index contributed by atoms with van der Waals surface area (Å²) in [6.07, 6.45) is 4.55. The number of allylic oxidation sites excluding steroid dienone is 2. The van der Waals surface area contributed by atoms with E-state index in [4.69, 9.17) is 18.5 Å². The first-order chi connectivity index (χ1) is 20.9. The van der Waals surface area contributed by atoms with Crippen LogP contribution in [0.5, 0.6) is 0 Å². The number of rotatable bonds is 24. The Morgan fingerprint density at radius 2 is 1.18 bits per heavy atom. The van der Waals surface area contributed by atoms with E-state index < -0.39 is 75.7 Å². The summed E-state index contributed by atoms with van der Waals surface area (Å²) in [4.78, 5) is 34.6. The summed E-state index contributed by atoms with van der Waals surface area (Å²) in [5.41, 5.74) is 0. The van der Waals surface area contributed by atoms with Crippen LogP contribution in [0.3, 0.4) is 0 Å². The smallest absolute Gasteiger partial charge is 0.462 e. The molecule has 0 radical (unpaired) electrons. The summed E-state index contributed by atoms with van der Waals surface area (Å²) in [7, 11) is -5.08. The van der Waals surface area contributed by atoms with E-state index in [0.29, 0.717) is 12.8 Å². The molecule has 1 aliphatic rings. The summed E-state index contributed by atoms with van der Waals surface area (Å²) in [6, 6.07) is 0. The molecule has 1 rings (SSSR count). The van der Waals surface area contributed by atoms with Crippen molar-refractivity contribution in [3.8, 4) is 0 Å². The Bertz CT molecular complexity index is 854. The maximum absolute atomic E-state index is 12.6. The highest BCUT2D eigenvalue weighted by Gasteiger charge is 2.51. The highest BCUT2D eigenvalue weighted by atomic mass is 31.2. The molecule has 0 aliphatic heterocycles. The van der Waals surface area contributed by atoms with Gasteiger partial charge in [-0.3, -0.25) is 18.6 Å². The van der Waals surface area contributed by atoms with E-state index in [-0.39, 0.29) is 12.8 Å². The number of aliphatic hydroxyl groups is 5. The monoisotopic (exact) mass is 654 g/mol. The van der Waals surface area contributed by atoms with E-state index >= 15 is 0 Å². The number of carbonyl (C=O) groups excluding carboxylic acids is 2. The lowest BCUT2D eigenvalue weighted by atomic mass is 9.85. The van der Waals surface area contributed by atoms with Crippen molar-refractivity contribution in [2.45, 2.75) is 153 Å². The van der Waals surface area contributed by atoms with Crippen molar-refractivity contribution < 1.29 is 63.1 Å². The molecule has 6 unspecified atom stereocenters. The molecule has 0 bridgehead atoms. The number of hydrogen-bond donors (Lipinski definition) is 6. The molecule has 44 heavy (non-hydrogen) atoms. The fourth-order valence-corrected chi connectivity index (χ4v) is 5.58. The first-order valence-corrected chi connectivity index (χ1v) is 17.5. The number of carbonyl (C=O) groups is 2. The van der Waals surface area contributed by atoms with Crippen LogP contribution in [-0.4, -0.2) is 98.3 Å². The molecule has 1 fully saturated rings. The summed E-state index contributed by atoms with van der Waals surface area (Å²) in [5, 5.41) is 49.4. The van der Waals surface area contributed by atoms with Gasteiger partial charge in [0, 0.05) is 12.8 Å². The first kappa shape index (κ1) is 40.6. The van der Waals surface area contributed by atoms with Gasteiger partial charge in [0.1, 0.15) is 43.2 Å². The van der Waals surface area contributed by atoms with Gasteiger partial charge in [0.05, 0.1) is 6.61 Å². The van der Waals surface area contributed by atoms with Crippen LogP contribution in [-0.2, 0) is 32.7 Å². The van der Waals surface area contributed by atoms with Gasteiger partial charge in [-0.2, -0.15) is 0 Å². The number of aliphatic hydroxyl groups excluding tert-OH is 5. The second kappa shape index (κ2) is 23.0. The van der Waals surface area contributed by atoms with Crippen molar-refractivity contribution in [1.29, 1.82) is 0 Å². The van der Waals surface area contributed by atoms with Crippen molar-refractivity contribution in [3.05, 3.63) is 12.2 Å². The molecule has 6 atom stereocenters. The lowest BCUT2D eigenvalue weighted by Crippen LogP contribution is -2.64. The second-order valence-electron chi connectivity index (χ2n) is 11.3. The number of hydrogen-bond acceptors (Lipinski definition) is 12. The molecule has 0 spiro atoms. The lowest BCUT2D eigenvalue weighted by molar-refractivity contribution is -0.220. The number of ether oxygens (including phenoxy) is 2. The van der Waals surface area contributed by atoms with E-state index in [1.165, 1.54) is 25.7 Å².